The van der Waals surface area contributed by atoms with Gasteiger partial charge in [-0.3, -0.25) is 4.79 Å². The van der Waals surface area contributed by atoms with Gasteiger partial charge in [-0.2, -0.15) is 0 Å². The molecular weight excluding hydrogens is 302 g/mol. The molecule has 0 saturated heterocycles. The summed E-state index contributed by atoms with van der Waals surface area (Å²) in [5.74, 6) is -0.595. The van der Waals surface area contributed by atoms with E-state index in [4.69, 9.17) is 5.11 Å². The summed E-state index contributed by atoms with van der Waals surface area (Å²) >= 11 is 0. The first-order chi connectivity index (χ1) is 11.6. The molecule has 0 bridgehead atoms. The topological polar surface area (TPSA) is 66.4 Å². The highest BCUT2D eigenvalue weighted by Crippen LogP contribution is 2.18. The SMILES string of the molecule is CCC(CNC(=O)CCc1ccc(C(=O)O)cc1)c1ccccc1. The lowest BCUT2D eigenvalue weighted by Crippen LogP contribution is -2.28. The Morgan fingerprint density at radius 3 is 2.29 bits per heavy atom. The number of carboxylic acid groups (broad SMARTS) is 1. The highest BCUT2D eigenvalue weighted by Gasteiger charge is 2.11. The van der Waals surface area contributed by atoms with E-state index in [1.54, 1.807) is 24.3 Å². The van der Waals surface area contributed by atoms with Crippen molar-refractivity contribution in [1.82, 2.24) is 5.32 Å². The van der Waals surface area contributed by atoms with Gasteiger partial charge in [0.15, 0.2) is 0 Å². The molecule has 126 valence electrons. The van der Waals surface area contributed by atoms with Crippen molar-refractivity contribution in [2.45, 2.75) is 32.1 Å². The van der Waals surface area contributed by atoms with Crippen LogP contribution in [0.15, 0.2) is 54.6 Å². The molecule has 0 aliphatic carbocycles. The number of hydrogen-bond donors (Lipinski definition) is 2. The zero-order valence-corrected chi connectivity index (χ0v) is 13.9. The van der Waals surface area contributed by atoms with Crippen molar-refractivity contribution in [1.29, 1.82) is 0 Å². The molecule has 0 aliphatic heterocycles. The second kappa shape index (κ2) is 8.87. The molecule has 2 rings (SSSR count). The number of hydrogen-bond acceptors (Lipinski definition) is 2. The molecule has 4 heteroatoms. The van der Waals surface area contributed by atoms with Crippen LogP contribution in [0.1, 0.15) is 47.2 Å². The summed E-state index contributed by atoms with van der Waals surface area (Å²) in [6.07, 6.45) is 1.98. The lowest BCUT2D eigenvalue weighted by molar-refractivity contribution is -0.121. The van der Waals surface area contributed by atoms with Crippen molar-refractivity contribution in [3.63, 3.8) is 0 Å². The fourth-order valence-corrected chi connectivity index (χ4v) is 2.62. The summed E-state index contributed by atoms with van der Waals surface area (Å²) in [7, 11) is 0. The number of carbonyl (C=O) groups excluding carboxylic acids is 1. The van der Waals surface area contributed by atoms with Crippen LogP contribution >= 0.6 is 0 Å². The monoisotopic (exact) mass is 325 g/mol. The Morgan fingerprint density at radius 2 is 1.71 bits per heavy atom. The van der Waals surface area contributed by atoms with Gasteiger partial charge < -0.3 is 10.4 Å². The molecular formula is C20H23NO3. The van der Waals surface area contributed by atoms with Crippen LogP contribution in [0.25, 0.3) is 0 Å². The van der Waals surface area contributed by atoms with Gasteiger partial charge in [0.05, 0.1) is 5.56 Å². The number of carbonyl (C=O) groups is 2. The van der Waals surface area contributed by atoms with E-state index >= 15 is 0 Å². The standard InChI is InChI=1S/C20H23NO3/c1-2-16(17-6-4-3-5-7-17)14-21-19(22)13-10-15-8-11-18(12-9-15)20(23)24/h3-9,11-12,16H,2,10,13-14H2,1H3,(H,21,22)(H,23,24). The number of carboxylic acids is 1. The average molecular weight is 325 g/mol. The highest BCUT2D eigenvalue weighted by atomic mass is 16.4. The maximum Gasteiger partial charge on any atom is 0.335 e. The van der Waals surface area contributed by atoms with Crippen LogP contribution in [-0.4, -0.2) is 23.5 Å². The van der Waals surface area contributed by atoms with Crippen molar-refractivity contribution in [2.75, 3.05) is 6.54 Å². The Labute approximate surface area is 142 Å². The molecule has 0 radical (unpaired) electrons. The number of rotatable bonds is 8. The Balaban J connectivity index is 1.79. The van der Waals surface area contributed by atoms with Crippen LogP contribution < -0.4 is 5.32 Å². The van der Waals surface area contributed by atoms with Gasteiger partial charge in [-0.1, -0.05) is 49.4 Å². The summed E-state index contributed by atoms with van der Waals surface area (Å²) in [5, 5.41) is 11.9. The third kappa shape index (κ3) is 5.23. The quantitative estimate of drug-likeness (QED) is 0.779. The van der Waals surface area contributed by atoms with Crippen LogP contribution in [0.3, 0.4) is 0 Å². The third-order valence-corrected chi connectivity index (χ3v) is 4.15. The molecule has 0 saturated carbocycles. The molecule has 2 aromatic carbocycles. The van der Waals surface area contributed by atoms with Gasteiger partial charge in [0.1, 0.15) is 0 Å². The molecule has 24 heavy (non-hydrogen) atoms. The normalized spacial score (nSPS) is 11.7. The molecule has 0 fully saturated rings. The van der Waals surface area contributed by atoms with Gasteiger partial charge in [-0.25, -0.2) is 4.79 Å². The van der Waals surface area contributed by atoms with E-state index in [0.29, 0.717) is 25.3 Å². The van der Waals surface area contributed by atoms with Crippen LogP contribution in [0.2, 0.25) is 0 Å². The zero-order valence-electron chi connectivity index (χ0n) is 13.9. The molecule has 0 aromatic heterocycles. The zero-order chi connectivity index (χ0) is 17.4. The van der Waals surface area contributed by atoms with Crippen molar-refractivity contribution in [3.05, 3.63) is 71.3 Å². The van der Waals surface area contributed by atoms with Crippen LogP contribution in [0.4, 0.5) is 0 Å². The van der Waals surface area contributed by atoms with Gasteiger partial charge in [0.2, 0.25) is 5.91 Å². The molecule has 2 aromatic rings. The van der Waals surface area contributed by atoms with E-state index in [2.05, 4.69) is 24.4 Å². The van der Waals surface area contributed by atoms with Crippen molar-refractivity contribution in [2.24, 2.45) is 0 Å². The predicted octanol–water partition coefficient (Wildman–Crippen LogP) is 3.63. The number of aromatic carboxylic acids is 1. The highest BCUT2D eigenvalue weighted by molar-refractivity contribution is 5.87. The fourth-order valence-electron chi connectivity index (χ4n) is 2.62. The molecule has 1 amide bonds. The maximum absolute atomic E-state index is 12.0. The Hall–Kier alpha value is -2.62. The molecule has 0 heterocycles. The van der Waals surface area contributed by atoms with E-state index in [-0.39, 0.29) is 11.5 Å². The second-order valence-corrected chi connectivity index (χ2v) is 5.82. The first-order valence-corrected chi connectivity index (χ1v) is 8.24. The molecule has 4 nitrogen and oxygen atoms in total. The first-order valence-electron chi connectivity index (χ1n) is 8.24. The lowest BCUT2D eigenvalue weighted by Gasteiger charge is -2.16. The summed E-state index contributed by atoms with van der Waals surface area (Å²) in [6, 6.07) is 16.8. The van der Waals surface area contributed by atoms with E-state index in [1.165, 1.54) is 5.56 Å². The van der Waals surface area contributed by atoms with Crippen LogP contribution in [0.5, 0.6) is 0 Å². The predicted molar refractivity (Wildman–Crippen MR) is 94.2 cm³/mol. The second-order valence-electron chi connectivity index (χ2n) is 5.82. The number of nitrogens with one attached hydrogen (secondary N) is 1. The summed E-state index contributed by atoms with van der Waals surface area (Å²) in [6.45, 7) is 2.76. The fraction of sp³-hybridized carbons (Fsp3) is 0.300. The maximum atomic E-state index is 12.0. The summed E-state index contributed by atoms with van der Waals surface area (Å²) < 4.78 is 0. The third-order valence-electron chi connectivity index (χ3n) is 4.15. The molecule has 0 aliphatic rings. The minimum atomic E-state index is -0.939. The van der Waals surface area contributed by atoms with E-state index in [0.717, 1.165) is 12.0 Å². The molecule has 1 atom stereocenters. The van der Waals surface area contributed by atoms with Crippen molar-refractivity contribution in [3.8, 4) is 0 Å². The number of amides is 1. The molecule has 2 N–H and O–H groups in total. The first kappa shape index (κ1) is 17.7. The van der Waals surface area contributed by atoms with E-state index < -0.39 is 5.97 Å². The largest absolute Gasteiger partial charge is 0.478 e. The summed E-state index contributed by atoms with van der Waals surface area (Å²) in [4.78, 5) is 22.8. The van der Waals surface area contributed by atoms with Gasteiger partial charge in [-0.15, -0.1) is 0 Å². The molecule has 1 unspecified atom stereocenters. The van der Waals surface area contributed by atoms with Gasteiger partial charge in [0.25, 0.3) is 0 Å². The van der Waals surface area contributed by atoms with E-state index in [1.807, 2.05) is 18.2 Å². The Morgan fingerprint density at radius 1 is 1.04 bits per heavy atom. The smallest absolute Gasteiger partial charge is 0.335 e. The van der Waals surface area contributed by atoms with E-state index in [9.17, 15) is 9.59 Å². The van der Waals surface area contributed by atoms with Crippen LogP contribution in [0, 0.1) is 0 Å². The van der Waals surface area contributed by atoms with Crippen LogP contribution in [-0.2, 0) is 11.2 Å². The van der Waals surface area contributed by atoms with Gasteiger partial charge in [0, 0.05) is 18.9 Å². The van der Waals surface area contributed by atoms with Gasteiger partial charge >= 0.3 is 5.97 Å². The Bertz CT molecular complexity index is 665. The van der Waals surface area contributed by atoms with Crippen molar-refractivity contribution < 1.29 is 14.7 Å². The lowest BCUT2D eigenvalue weighted by atomic mass is 9.96. The van der Waals surface area contributed by atoms with Crippen molar-refractivity contribution >= 4 is 11.9 Å². The minimum Gasteiger partial charge on any atom is -0.478 e. The number of aryl methyl sites for hydroxylation is 1. The molecule has 0 spiro atoms. The Kier molecular flexibility index (Phi) is 6.55. The minimum absolute atomic E-state index is 0.0201. The average Bonchev–Trinajstić information content (AvgIpc) is 2.61. The number of benzene rings is 2. The van der Waals surface area contributed by atoms with Gasteiger partial charge in [-0.05, 0) is 36.1 Å². The summed E-state index contributed by atoms with van der Waals surface area (Å²) in [5.41, 5.74) is 2.46.